The zero-order chi connectivity index (χ0) is 20.9. The molecule has 3 saturated carbocycles. The maximum Gasteiger partial charge on any atom is 0.255 e. The smallest absolute Gasteiger partial charge is 0.255 e. The van der Waals surface area contributed by atoms with Crippen molar-refractivity contribution in [2.75, 3.05) is 13.1 Å². The summed E-state index contributed by atoms with van der Waals surface area (Å²) in [7, 11) is 0. The Bertz CT molecular complexity index is 583. The van der Waals surface area contributed by atoms with Gasteiger partial charge in [0.1, 0.15) is 5.60 Å². The number of fused-ring (bicyclic) bond motifs is 3. The molecule has 1 N–H and O–H groups in total. The molecule has 0 heterocycles. The fourth-order valence-corrected chi connectivity index (χ4v) is 7.78. The van der Waals surface area contributed by atoms with Crippen molar-refractivity contribution in [2.45, 2.75) is 99.0 Å². The van der Waals surface area contributed by atoms with Crippen LogP contribution < -0.4 is 0 Å². The van der Waals surface area contributed by atoms with E-state index in [1.807, 2.05) is 18.7 Å². The van der Waals surface area contributed by atoms with E-state index in [9.17, 15) is 9.90 Å². The van der Waals surface area contributed by atoms with Crippen LogP contribution in [0, 0.1) is 40.4 Å². The van der Waals surface area contributed by atoms with Gasteiger partial charge >= 0.3 is 0 Å². The molecule has 3 fully saturated rings. The van der Waals surface area contributed by atoms with E-state index >= 15 is 0 Å². The summed E-state index contributed by atoms with van der Waals surface area (Å²) in [5.41, 5.74) is -1.14. The molecule has 0 aromatic carbocycles. The molecular formula is C25H45NO2. The van der Waals surface area contributed by atoms with E-state index in [0.29, 0.717) is 48.6 Å². The second-order valence-electron chi connectivity index (χ2n) is 11.3. The highest BCUT2D eigenvalue weighted by Crippen LogP contribution is 2.62. The quantitative estimate of drug-likeness (QED) is 0.689. The average molecular weight is 392 g/mol. The van der Waals surface area contributed by atoms with Crippen molar-refractivity contribution in [3.05, 3.63) is 0 Å². The van der Waals surface area contributed by atoms with Crippen LogP contribution >= 0.6 is 0 Å². The highest BCUT2D eigenvalue weighted by atomic mass is 16.3. The molecule has 7 atom stereocenters. The van der Waals surface area contributed by atoms with E-state index in [4.69, 9.17) is 0 Å². The van der Waals surface area contributed by atoms with E-state index < -0.39 is 5.60 Å². The molecule has 28 heavy (non-hydrogen) atoms. The van der Waals surface area contributed by atoms with E-state index in [1.54, 1.807) is 0 Å². The standard InChI is InChI=1S/C25H45NO2/c1-8-26(9-2)22(27)25(28)15-12-18(4)21-16-19-11-10-17(3)20(23(19,5)6)13-14-24(21,25)7/h17-21,28H,8-16H2,1-7H3/t17-,18-,19+,20+,21-,24+,25?/m1/s1. The third-order valence-electron chi connectivity index (χ3n) is 9.99. The number of likely N-dealkylation sites (N-methyl/N-ethyl adjacent to an activating group) is 1. The van der Waals surface area contributed by atoms with Crippen LogP contribution in [0.25, 0.3) is 0 Å². The van der Waals surface area contributed by atoms with Crippen LogP contribution in [-0.4, -0.2) is 34.6 Å². The third kappa shape index (κ3) is 3.15. The van der Waals surface area contributed by atoms with Crippen LogP contribution in [0.15, 0.2) is 0 Å². The van der Waals surface area contributed by atoms with Gasteiger partial charge in [0.2, 0.25) is 0 Å². The van der Waals surface area contributed by atoms with Gasteiger partial charge in [-0.3, -0.25) is 4.79 Å². The van der Waals surface area contributed by atoms with Gasteiger partial charge in [0.05, 0.1) is 0 Å². The number of rotatable bonds is 3. The number of hydrogen-bond donors (Lipinski definition) is 1. The molecule has 0 aromatic rings. The first-order valence-electron chi connectivity index (χ1n) is 12.0. The lowest BCUT2D eigenvalue weighted by Crippen LogP contribution is -2.65. The Hall–Kier alpha value is -0.570. The lowest BCUT2D eigenvalue weighted by molar-refractivity contribution is -0.200. The number of nitrogens with zero attached hydrogens (tertiary/aromatic N) is 1. The SMILES string of the molecule is CCN(CC)C(=O)C1(O)CC[C@@H](C)[C@H]2C[C@@H]3CC[C@@H](C)[C@H](CC[C@@]21C)C3(C)C. The highest BCUT2D eigenvalue weighted by molar-refractivity contribution is 5.86. The number of carbonyl (C=O) groups excluding carboxylic acids is 1. The summed E-state index contributed by atoms with van der Waals surface area (Å²) in [6.45, 7) is 17.5. The minimum Gasteiger partial charge on any atom is -0.379 e. The molecule has 3 rings (SSSR count). The van der Waals surface area contributed by atoms with Crippen molar-refractivity contribution in [3.8, 4) is 0 Å². The molecule has 3 aliphatic carbocycles. The monoisotopic (exact) mass is 391 g/mol. The zero-order valence-electron chi connectivity index (χ0n) is 19.6. The Morgan fingerprint density at radius 1 is 0.929 bits per heavy atom. The van der Waals surface area contributed by atoms with Gasteiger partial charge in [0, 0.05) is 18.5 Å². The van der Waals surface area contributed by atoms with Crippen molar-refractivity contribution < 1.29 is 9.90 Å². The Balaban J connectivity index is 2.02. The Morgan fingerprint density at radius 3 is 2.14 bits per heavy atom. The maximum absolute atomic E-state index is 13.6. The molecular weight excluding hydrogens is 346 g/mol. The molecule has 3 aliphatic rings. The van der Waals surface area contributed by atoms with Gasteiger partial charge < -0.3 is 10.0 Å². The molecule has 0 spiro atoms. The fraction of sp³-hybridized carbons (Fsp3) is 0.960. The molecule has 2 bridgehead atoms. The van der Waals surface area contributed by atoms with Gasteiger partial charge in [-0.05, 0) is 87.4 Å². The molecule has 0 radical (unpaired) electrons. The van der Waals surface area contributed by atoms with Crippen LogP contribution in [0.1, 0.15) is 93.4 Å². The maximum atomic E-state index is 13.6. The van der Waals surface area contributed by atoms with Gasteiger partial charge in [0.25, 0.3) is 5.91 Å². The molecule has 1 unspecified atom stereocenters. The molecule has 3 heteroatoms. The van der Waals surface area contributed by atoms with Gasteiger partial charge in [-0.2, -0.15) is 0 Å². The number of carbonyl (C=O) groups is 1. The third-order valence-corrected chi connectivity index (χ3v) is 9.99. The Labute approximate surface area is 173 Å². The first-order valence-corrected chi connectivity index (χ1v) is 12.0. The number of hydrogen-bond acceptors (Lipinski definition) is 2. The van der Waals surface area contributed by atoms with Gasteiger partial charge in [-0.1, -0.05) is 41.0 Å². The second-order valence-corrected chi connectivity index (χ2v) is 11.3. The van der Waals surface area contributed by atoms with Crippen LogP contribution in [-0.2, 0) is 4.79 Å². The summed E-state index contributed by atoms with van der Waals surface area (Å²) < 4.78 is 0. The first kappa shape index (κ1) is 22.1. The number of amides is 1. The van der Waals surface area contributed by atoms with Crippen LogP contribution in [0.2, 0.25) is 0 Å². The van der Waals surface area contributed by atoms with E-state index in [1.165, 1.54) is 19.3 Å². The largest absolute Gasteiger partial charge is 0.379 e. The molecule has 3 nitrogen and oxygen atoms in total. The van der Waals surface area contributed by atoms with Crippen molar-refractivity contribution in [2.24, 2.45) is 40.4 Å². The molecule has 162 valence electrons. The van der Waals surface area contributed by atoms with Crippen molar-refractivity contribution in [3.63, 3.8) is 0 Å². The number of aliphatic hydroxyl groups is 1. The van der Waals surface area contributed by atoms with Gasteiger partial charge in [0.15, 0.2) is 0 Å². The average Bonchev–Trinajstić information content (AvgIpc) is 2.63. The normalized spacial score (nSPS) is 45.5. The Kier molecular flexibility index (Phi) is 6.00. The van der Waals surface area contributed by atoms with Crippen LogP contribution in [0.3, 0.4) is 0 Å². The van der Waals surface area contributed by atoms with E-state index in [-0.39, 0.29) is 11.3 Å². The second kappa shape index (κ2) is 7.60. The predicted octanol–water partition coefficient (Wildman–Crippen LogP) is 5.51. The van der Waals surface area contributed by atoms with Crippen molar-refractivity contribution in [1.29, 1.82) is 0 Å². The van der Waals surface area contributed by atoms with Crippen LogP contribution in [0.5, 0.6) is 0 Å². The van der Waals surface area contributed by atoms with Crippen molar-refractivity contribution >= 4 is 5.91 Å². The van der Waals surface area contributed by atoms with Crippen LogP contribution in [0.4, 0.5) is 0 Å². The zero-order valence-corrected chi connectivity index (χ0v) is 19.6. The lowest BCUT2D eigenvalue weighted by atomic mass is 9.45. The molecule has 0 aliphatic heterocycles. The molecule has 0 aromatic heterocycles. The first-order chi connectivity index (χ1) is 13.0. The van der Waals surface area contributed by atoms with E-state index in [0.717, 1.165) is 25.2 Å². The minimum absolute atomic E-state index is 0.00468. The minimum atomic E-state index is -1.20. The summed E-state index contributed by atoms with van der Waals surface area (Å²) in [6, 6.07) is 0. The van der Waals surface area contributed by atoms with E-state index in [2.05, 4.69) is 34.6 Å². The summed E-state index contributed by atoms with van der Waals surface area (Å²) in [5.74, 6) is 3.18. The predicted molar refractivity (Wildman–Crippen MR) is 116 cm³/mol. The summed E-state index contributed by atoms with van der Waals surface area (Å²) >= 11 is 0. The lowest BCUT2D eigenvalue weighted by Gasteiger charge is -2.61. The van der Waals surface area contributed by atoms with Crippen molar-refractivity contribution in [1.82, 2.24) is 4.90 Å². The summed E-state index contributed by atoms with van der Waals surface area (Å²) in [5, 5.41) is 12.0. The highest BCUT2D eigenvalue weighted by Gasteiger charge is 2.62. The summed E-state index contributed by atoms with van der Waals surface area (Å²) in [4.78, 5) is 15.4. The fourth-order valence-electron chi connectivity index (χ4n) is 7.78. The van der Waals surface area contributed by atoms with Gasteiger partial charge in [-0.25, -0.2) is 0 Å². The van der Waals surface area contributed by atoms with Gasteiger partial charge in [-0.15, -0.1) is 0 Å². The topological polar surface area (TPSA) is 40.5 Å². The Morgan fingerprint density at radius 2 is 1.54 bits per heavy atom. The molecule has 0 saturated heterocycles. The molecule has 1 amide bonds. The summed E-state index contributed by atoms with van der Waals surface area (Å²) in [6.07, 6.45) is 7.57.